The highest BCUT2D eigenvalue weighted by molar-refractivity contribution is 7.20. The van der Waals surface area contributed by atoms with Crippen LogP contribution < -0.4 is 0 Å². The Morgan fingerprint density at radius 2 is 2.16 bits per heavy atom. The van der Waals surface area contributed by atoms with Gasteiger partial charge in [-0.15, -0.1) is 22.7 Å². The Labute approximate surface area is 186 Å². The van der Waals surface area contributed by atoms with Gasteiger partial charge < -0.3 is 9.42 Å². The number of hydrogen-bond donors (Lipinski definition) is 0. The van der Waals surface area contributed by atoms with E-state index in [4.69, 9.17) is 4.52 Å². The third-order valence-corrected chi connectivity index (χ3v) is 7.19. The minimum Gasteiger partial charge on any atom is -0.342 e. The fraction of sp³-hybridized carbons (Fsp3) is 0.273. The molecule has 6 nitrogen and oxygen atoms in total. The minimum absolute atomic E-state index is 0.0235. The highest BCUT2D eigenvalue weighted by atomic mass is 32.1. The molecule has 1 aliphatic heterocycles. The number of aromatic nitrogens is 3. The Bertz CT molecular complexity index is 1190. The number of benzene rings is 1. The van der Waals surface area contributed by atoms with E-state index < -0.39 is 0 Å². The fourth-order valence-corrected chi connectivity index (χ4v) is 5.35. The topological polar surface area (TPSA) is 72.1 Å². The first-order chi connectivity index (χ1) is 15.2. The zero-order chi connectivity index (χ0) is 21.2. The van der Waals surface area contributed by atoms with Crippen LogP contribution in [0.2, 0.25) is 0 Å². The molecule has 1 unspecified atom stereocenters. The van der Waals surface area contributed by atoms with Crippen LogP contribution in [0.4, 0.5) is 4.39 Å². The second-order valence-electron chi connectivity index (χ2n) is 7.44. The van der Waals surface area contributed by atoms with E-state index in [2.05, 4.69) is 15.1 Å². The lowest BCUT2D eigenvalue weighted by Crippen LogP contribution is -2.40. The predicted octanol–water partition coefficient (Wildman–Crippen LogP) is 5.01. The number of carbonyl (C=O) groups excluding carboxylic acids is 1. The summed E-state index contributed by atoms with van der Waals surface area (Å²) in [6, 6.07) is 10.1. The molecule has 31 heavy (non-hydrogen) atoms. The molecule has 3 aromatic heterocycles. The number of piperidine rings is 1. The van der Waals surface area contributed by atoms with E-state index >= 15 is 0 Å². The van der Waals surface area contributed by atoms with Gasteiger partial charge in [0.15, 0.2) is 0 Å². The number of carbonyl (C=O) groups is 1. The van der Waals surface area contributed by atoms with Gasteiger partial charge in [-0.2, -0.15) is 4.98 Å². The van der Waals surface area contributed by atoms with Gasteiger partial charge in [-0.05, 0) is 36.4 Å². The number of nitrogens with zero attached hydrogens (tertiary/aromatic N) is 4. The van der Waals surface area contributed by atoms with Crippen molar-refractivity contribution in [2.75, 3.05) is 13.1 Å². The first kappa shape index (κ1) is 20.0. The molecule has 0 saturated carbocycles. The second kappa shape index (κ2) is 8.68. The zero-order valence-corrected chi connectivity index (χ0v) is 18.2. The van der Waals surface area contributed by atoms with Gasteiger partial charge in [0.2, 0.25) is 17.6 Å². The molecule has 0 bridgehead atoms. The van der Waals surface area contributed by atoms with Crippen LogP contribution in [0.25, 0.3) is 21.3 Å². The molecule has 9 heteroatoms. The average molecular weight is 455 g/mol. The summed E-state index contributed by atoms with van der Waals surface area (Å²) in [6.07, 6.45) is 2.02. The van der Waals surface area contributed by atoms with E-state index in [1.54, 1.807) is 34.8 Å². The molecule has 0 radical (unpaired) electrons. The normalized spacial score (nSPS) is 16.5. The van der Waals surface area contributed by atoms with Crippen LogP contribution in [0.3, 0.4) is 0 Å². The third kappa shape index (κ3) is 4.42. The molecule has 158 valence electrons. The molecule has 0 aliphatic carbocycles. The van der Waals surface area contributed by atoms with E-state index in [0.29, 0.717) is 30.4 Å². The van der Waals surface area contributed by atoms with E-state index in [-0.39, 0.29) is 24.1 Å². The smallest absolute Gasteiger partial charge is 0.231 e. The third-order valence-electron chi connectivity index (χ3n) is 5.26. The molecule has 1 aliphatic rings. The van der Waals surface area contributed by atoms with Crippen LogP contribution in [0.15, 0.2) is 51.7 Å². The zero-order valence-electron chi connectivity index (χ0n) is 16.5. The summed E-state index contributed by atoms with van der Waals surface area (Å²) in [5, 5.41) is 8.93. The van der Waals surface area contributed by atoms with Gasteiger partial charge in [0, 0.05) is 24.0 Å². The van der Waals surface area contributed by atoms with Gasteiger partial charge in [0.05, 0.1) is 22.9 Å². The number of likely N-dealkylation sites (tertiary alicyclic amines) is 1. The standard InChI is InChI=1S/C22H19FN4O2S2/c23-16-6-1-4-14(10-16)20-25-21(29-26-20)15-5-2-8-27(12-15)19(28)11-17-13-31-22(24-17)18-7-3-9-30-18/h1,3-4,6-7,9-10,13,15H,2,5,8,11-12H2. The number of thiazole rings is 1. The van der Waals surface area contributed by atoms with Gasteiger partial charge in [0.1, 0.15) is 10.8 Å². The molecule has 1 aromatic carbocycles. The van der Waals surface area contributed by atoms with Crippen molar-refractivity contribution in [2.45, 2.75) is 25.2 Å². The van der Waals surface area contributed by atoms with Crippen molar-refractivity contribution in [3.05, 3.63) is 64.6 Å². The average Bonchev–Trinajstić information content (AvgIpc) is 3.55. The van der Waals surface area contributed by atoms with E-state index in [1.165, 1.54) is 12.1 Å². The van der Waals surface area contributed by atoms with Gasteiger partial charge in [-0.3, -0.25) is 4.79 Å². The maximum absolute atomic E-state index is 13.5. The van der Waals surface area contributed by atoms with Crippen molar-refractivity contribution in [3.8, 4) is 21.3 Å². The van der Waals surface area contributed by atoms with Crippen LogP contribution in [-0.4, -0.2) is 39.0 Å². The first-order valence-corrected chi connectivity index (χ1v) is 11.8. The predicted molar refractivity (Wildman–Crippen MR) is 117 cm³/mol. The number of halogens is 1. The summed E-state index contributed by atoms with van der Waals surface area (Å²) in [7, 11) is 0. The lowest BCUT2D eigenvalue weighted by molar-refractivity contribution is -0.131. The van der Waals surface area contributed by atoms with Crippen LogP contribution in [0.1, 0.15) is 30.3 Å². The van der Waals surface area contributed by atoms with Gasteiger partial charge >= 0.3 is 0 Å². The van der Waals surface area contributed by atoms with Crippen molar-refractivity contribution in [1.82, 2.24) is 20.0 Å². The molecule has 5 rings (SSSR count). The van der Waals surface area contributed by atoms with E-state index in [1.807, 2.05) is 27.8 Å². The second-order valence-corrected chi connectivity index (χ2v) is 9.25. The molecule has 4 heterocycles. The minimum atomic E-state index is -0.345. The number of thiophene rings is 1. The number of amides is 1. The number of rotatable bonds is 5. The Morgan fingerprint density at radius 1 is 1.23 bits per heavy atom. The maximum Gasteiger partial charge on any atom is 0.231 e. The van der Waals surface area contributed by atoms with E-state index in [9.17, 15) is 9.18 Å². The van der Waals surface area contributed by atoms with Crippen LogP contribution in [0.5, 0.6) is 0 Å². The SMILES string of the molecule is O=C(Cc1csc(-c2cccs2)n1)N1CCCC(c2nc(-c3cccc(F)c3)no2)C1. The Hall–Kier alpha value is -2.91. The summed E-state index contributed by atoms with van der Waals surface area (Å²) >= 11 is 3.21. The van der Waals surface area contributed by atoms with Gasteiger partial charge in [-0.1, -0.05) is 23.4 Å². The summed E-state index contributed by atoms with van der Waals surface area (Å²) in [5.41, 5.74) is 1.37. The Kier molecular flexibility index (Phi) is 5.61. The fourth-order valence-electron chi connectivity index (χ4n) is 3.72. The molecule has 1 saturated heterocycles. The molecular formula is C22H19FN4O2S2. The van der Waals surface area contributed by atoms with Crippen molar-refractivity contribution in [2.24, 2.45) is 0 Å². The monoisotopic (exact) mass is 454 g/mol. The molecule has 0 spiro atoms. The van der Waals surface area contributed by atoms with Crippen molar-refractivity contribution >= 4 is 28.6 Å². The van der Waals surface area contributed by atoms with Crippen molar-refractivity contribution < 1.29 is 13.7 Å². The molecule has 4 aromatic rings. The van der Waals surface area contributed by atoms with Crippen molar-refractivity contribution in [3.63, 3.8) is 0 Å². The quantitative estimate of drug-likeness (QED) is 0.424. The highest BCUT2D eigenvalue weighted by Gasteiger charge is 2.29. The summed E-state index contributed by atoms with van der Waals surface area (Å²) in [4.78, 5) is 24.9. The molecule has 1 fully saturated rings. The van der Waals surface area contributed by atoms with Crippen LogP contribution in [0, 0.1) is 5.82 Å². The van der Waals surface area contributed by atoms with E-state index in [0.717, 1.165) is 28.4 Å². The largest absolute Gasteiger partial charge is 0.342 e. The Morgan fingerprint density at radius 3 is 3.00 bits per heavy atom. The maximum atomic E-state index is 13.5. The van der Waals surface area contributed by atoms with Gasteiger partial charge in [-0.25, -0.2) is 9.37 Å². The molecule has 0 N–H and O–H groups in total. The summed E-state index contributed by atoms with van der Waals surface area (Å²) in [5.74, 6) is 0.539. The van der Waals surface area contributed by atoms with Gasteiger partial charge in [0.25, 0.3) is 0 Å². The molecular weight excluding hydrogens is 435 g/mol. The van der Waals surface area contributed by atoms with Crippen LogP contribution >= 0.6 is 22.7 Å². The summed E-state index contributed by atoms with van der Waals surface area (Å²) < 4.78 is 18.9. The van der Waals surface area contributed by atoms with Crippen LogP contribution in [-0.2, 0) is 11.2 Å². The van der Waals surface area contributed by atoms with Crippen molar-refractivity contribution in [1.29, 1.82) is 0 Å². The first-order valence-electron chi connectivity index (χ1n) is 10.0. The number of hydrogen-bond acceptors (Lipinski definition) is 7. The molecule has 1 atom stereocenters. The summed E-state index contributed by atoms with van der Waals surface area (Å²) in [6.45, 7) is 1.24. The lowest BCUT2D eigenvalue weighted by atomic mass is 9.97. The highest BCUT2D eigenvalue weighted by Crippen LogP contribution is 2.30. The molecule has 1 amide bonds. The Balaban J connectivity index is 1.25. The lowest BCUT2D eigenvalue weighted by Gasteiger charge is -2.30.